The highest BCUT2D eigenvalue weighted by atomic mass is 16.5. The second kappa shape index (κ2) is 4.64. The van der Waals surface area contributed by atoms with Crippen LogP contribution in [-0.4, -0.2) is 22.7 Å². The lowest BCUT2D eigenvalue weighted by atomic mass is 10.00. The number of aromatic amines is 2. The smallest absolute Gasteiger partial charge is 0.314 e. The lowest BCUT2D eigenvalue weighted by Gasteiger charge is -2.19. The van der Waals surface area contributed by atoms with E-state index in [-0.39, 0.29) is 12.1 Å². The molecule has 0 aliphatic carbocycles. The number of hydrogen-bond acceptors (Lipinski definition) is 4. The van der Waals surface area contributed by atoms with Crippen LogP contribution in [0.5, 0.6) is 0 Å². The minimum atomic E-state index is -0.657. The van der Waals surface area contributed by atoms with Crippen molar-refractivity contribution in [2.24, 2.45) is 5.73 Å². The van der Waals surface area contributed by atoms with Crippen LogP contribution in [0, 0.1) is 0 Å². The molecule has 0 saturated carbocycles. The summed E-state index contributed by atoms with van der Waals surface area (Å²) in [6.07, 6.45) is 1.99. The summed E-state index contributed by atoms with van der Waals surface area (Å²) in [5.41, 5.74) is 6.92. The summed E-state index contributed by atoms with van der Waals surface area (Å²) in [6.45, 7) is 0.746. The summed E-state index contributed by atoms with van der Waals surface area (Å²) < 4.78 is 5.57. The van der Waals surface area contributed by atoms with Crippen LogP contribution in [0.2, 0.25) is 0 Å². The highest BCUT2D eigenvalue weighted by Gasteiger charge is 2.24. The first-order chi connectivity index (χ1) is 9.15. The van der Waals surface area contributed by atoms with E-state index in [4.69, 9.17) is 10.5 Å². The standard InChI is InChI=1S/C13H15N3O3/c14-11(10-2-1-5-19-10)7-3-4-8-9(6-7)16-13(18)12(17)15-8/h3-4,6,10-11H,1-2,5,14H2,(H,15,17)(H,16,18). The number of rotatable bonds is 2. The molecule has 2 atom stereocenters. The Morgan fingerprint density at radius 3 is 2.63 bits per heavy atom. The Morgan fingerprint density at radius 1 is 1.21 bits per heavy atom. The fraction of sp³-hybridized carbons (Fsp3) is 0.385. The van der Waals surface area contributed by atoms with E-state index in [9.17, 15) is 9.59 Å². The van der Waals surface area contributed by atoms with E-state index in [1.54, 1.807) is 12.1 Å². The van der Waals surface area contributed by atoms with Gasteiger partial charge in [0, 0.05) is 6.61 Å². The minimum absolute atomic E-state index is 0.0203. The molecule has 1 fully saturated rings. The fourth-order valence-corrected chi connectivity index (χ4v) is 2.44. The van der Waals surface area contributed by atoms with Gasteiger partial charge in [-0.25, -0.2) is 0 Å². The van der Waals surface area contributed by atoms with E-state index in [2.05, 4.69) is 9.97 Å². The average Bonchev–Trinajstić information content (AvgIpc) is 2.93. The summed E-state index contributed by atoms with van der Waals surface area (Å²) in [5.74, 6) is 0. The second-order valence-electron chi connectivity index (χ2n) is 4.79. The van der Waals surface area contributed by atoms with Gasteiger partial charge in [0.2, 0.25) is 0 Å². The molecule has 0 radical (unpaired) electrons. The van der Waals surface area contributed by atoms with Gasteiger partial charge in [0.1, 0.15) is 0 Å². The average molecular weight is 261 g/mol. The van der Waals surface area contributed by atoms with Crippen LogP contribution in [0.15, 0.2) is 27.8 Å². The predicted octanol–water partition coefficient (Wildman–Crippen LogP) is 0.395. The molecule has 2 unspecified atom stereocenters. The van der Waals surface area contributed by atoms with Gasteiger partial charge in [-0.3, -0.25) is 9.59 Å². The van der Waals surface area contributed by atoms with Gasteiger partial charge < -0.3 is 20.4 Å². The molecule has 100 valence electrons. The maximum absolute atomic E-state index is 11.3. The van der Waals surface area contributed by atoms with Crippen molar-refractivity contribution in [3.63, 3.8) is 0 Å². The van der Waals surface area contributed by atoms with Crippen molar-refractivity contribution in [1.29, 1.82) is 0 Å². The van der Waals surface area contributed by atoms with Gasteiger partial charge in [0.25, 0.3) is 0 Å². The summed E-state index contributed by atoms with van der Waals surface area (Å²) in [6, 6.07) is 5.17. The quantitative estimate of drug-likeness (QED) is 0.681. The molecule has 3 rings (SSSR count). The minimum Gasteiger partial charge on any atom is -0.376 e. The molecule has 6 heteroatoms. The van der Waals surface area contributed by atoms with E-state index in [0.29, 0.717) is 11.0 Å². The molecule has 0 spiro atoms. The Labute approximate surface area is 108 Å². The van der Waals surface area contributed by atoms with E-state index >= 15 is 0 Å². The molecule has 0 amide bonds. The number of hydrogen-bond donors (Lipinski definition) is 3. The molecule has 6 nitrogen and oxygen atoms in total. The lowest BCUT2D eigenvalue weighted by molar-refractivity contribution is 0.0901. The van der Waals surface area contributed by atoms with Crippen LogP contribution in [0.1, 0.15) is 24.4 Å². The topological polar surface area (TPSA) is 101 Å². The van der Waals surface area contributed by atoms with Crippen LogP contribution in [0.3, 0.4) is 0 Å². The normalized spacial score (nSPS) is 20.8. The van der Waals surface area contributed by atoms with E-state index in [1.165, 1.54) is 0 Å². The monoisotopic (exact) mass is 261 g/mol. The highest BCUT2D eigenvalue weighted by molar-refractivity contribution is 5.74. The molecular weight excluding hydrogens is 246 g/mol. The molecule has 1 aliphatic rings. The molecule has 0 bridgehead atoms. The zero-order valence-electron chi connectivity index (χ0n) is 10.3. The van der Waals surface area contributed by atoms with Crippen LogP contribution < -0.4 is 16.9 Å². The van der Waals surface area contributed by atoms with Gasteiger partial charge >= 0.3 is 11.1 Å². The Hall–Kier alpha value is -1.92. The van der Waals surface area contributed by atoms with Gasteiger partial charge in [-0.05, 0) is 30.5 Å². The summed E-state index contributed by atoms with van der Waals surface area (Å²) >= 11 is 0. The first-order valence-electron chi connectivity index (χ1n) is 6.28. The summed E-state index contributed by atoms with van der Waals surface area (Å²) in [4.78, 5) is 27.6. The van der Waals surface area contributed by atoms with Crippen molar-refractivity contribution in [3.8, 4) is 0 Å². The van der Waals surface area contributed by atoms with Crippen LogP contribution >= 0.6 is 0 Å². The Balaban J connectivity index is 2.03. The largest absolute Gasteiger partial charge is 0.376 e. The fourth-order valence-electron chi connectivity index (χ4n) is 2.44. The number of H-pyrrole nitrogens is 2. The first-order valence-corrected chi connectivity index (χ1v) is 6.28. The number of ether oxygens (including phenoxy) is 1. The number of nitrogens with two attached hydrogens (primary N) is 1. The van der Waals surface area contributed by atoms with Gasteiger partial charge in [-0.1, -0.05) is 6.07 Å². The van der Waals surface area contributed by atoms with Crippen LogP contribution in [0.4, 0.5) is 0 Å². The Morgan fingerprint density at radius 2 is 1.95 bits per heavy atom. The molecule has 1 aromatic carbocycles. The van der Waals surface area contributed by atoms with Crippen molar-refractivity contribution in [2.75, 3.05) is 6.61 Å². The predicted molar refractivity (Wildman–Crippen MR) is 71.1 cm³/mol. The van der Waals surface area contributed by atoms with Gasteiger partial charge in [-0.2, -0.15) is 0 Å². The third-order valence-electron chi connectivity index (χ3n) is 3.50. The van der Waals surface area contributed by atoms with Crippen LogP contribution in [-0.2, 0) is 4.74 Å². The number of nitrogens with one attached hydrogen (secondary N) is 2. The molecule has 1 aliphatic heterocycles. The molecular formula is C13H15N3O3. The zero-order chi connectivity index (χ0) is 13.4. The van der Waals surface area contributed by atoms with Crippen molar-refractivity contribution in [1.82, 2.24) is 9.97 Å². The van der Waals surface area contributed by atoms with Crippen molar-refractivity contribution in [2.45, 2.75) is 25.0 Å². The van der Waals surface area contributed by atoms with Gasteiger partial charge in [0.05, 0.1) is 23.2 Å². The first kappa shape index (κ1) is 12.1. The molecule has 2 aromatic rings. The van der Waals surface area contributed by atoms with E-state index in [1.807, 2.05) is 6.07 Å². The SMILES string of the molecule is NC(c1ccc2[nH]c(=O)c(=O)[nH]c2c1)C1CCCO1. The second-order valence-corrected chi connectivity index (χ2v) is 4.79. The maximum Gasteiger partial charge on any atom is 0.314 e. The van der Waals surface area contributed by atoms with Crippen molar-refractivity contribution in [3.05, 3.63) is 44.5 Å². The van der Waals surface area contributed by atoms with Gasteiger partial charge in [-0.15, -0.1) is 0 Å². The van der Waals surface area contributed by atoms with Gasteiger partial charge in [0.15, 0.2) is 0 Å². The number of aromatic nitrogens is 2. The molecule has 2 heterocycles. The van der Waals surface area contributed by atoms with Crippen molar-refractivity contribution < 1.29 is 4.74 Å². The molecule has 4 N–H and O–H groups in total. The molecule has 1 aromatic heterocycles. The Bertz CT molecular complexity index is 713. The highest BCUT2D eigenvalue weighted by Crippen LogP contribution is 2.25. The number of fused-ring (bicyclic) bond motifs is 1. The third kappa shape index (κ3) is 2.20. The molecule has 19 heavy (non-hydrogen) atoms. The zero-order valence-corrected chi connectivity index (χ0v) is 10.3. The lowest BCUT2D eigenvalue weighted by Crippen LogP contribution is -2.29. The summed E-state index contributed by atoms with van der Waals surface area (Å²) in [7, 11) is 0. The Kier molecular flexibility index (Phi) is 2.96. The maximum atomic E-state index is 11.3. The van der Waals surface area contributed by atoms with E-state index in [0.717, 1.165) is 25.0 Å². The van der Waals surface area contributed by atoms with Crippen molar-refractivity contribution >= 4 is 11.0 Å². The number of benzene rings is 1. The van der Waals surface area contributed by atoms with Crippen LogP contribution in [0.25, 0.3) is 11.0 Å². The summed E-state index contributed by atoms with van der Waals surface area (Å²) in [5, 5.41) is 0. The van der Waals surface area contributed by atoms with E-state index < -0.39 is 11.1 Å². The third-order valence-corrected chi connectivity index (χ3v) is 3.50. The molecule has 1 saturated heterocycles.